The summed E-state index contributed by atoms with van der Waals surface area (Å²) in [6.45, 7) is 2.93. The Morgan fingerprint density at radius 3 is 2.48 bits per heavy atom. The molecule has 25 heavy (non-hydrogen) atoms. The molecule has 6 heteroatoms. The van der Waals surface area contributed by atoms with Crippen LogP contribution in [0.15, 0.2) is 51.7 Å². The topological polar surface area (TPSA) is 75.0 Å². The molecule has 0 N–H and O–H groups in total. The molecule has 1 aromatic heterocycles. The summed E-state index contributed by atoms with van der Waals surface area (Å²) >= 11 is 0. The van der Waals surface area contributed by atoms with Gasteiger partial charge in [-0.05, 0) is 31.2 Å². The lowest BCUT2D eigenvalue weighted by Gasteiger charge is -2.11. The standard InChI is InChI=1S/C19H16O6/c1-11-19(25-16-7-5-4-6-15(16)22-3)18(21)14-9-8-13(24-12(2)20)10-17(14)23-11/h4-10H,1-3H3. The molecule has 0 saturated heterocycles. The molecule has 0 aliphatic carbocycles. The summed E-state index contributed by atoms with van der Waals surface area (Å²) < 4.78 is 21.7. The predicted octanol–water partition coefficient (Wildman–Crippen LogP) is 3.83. The molecule has 1 heterocycles. The SMILES string of the molecule is COc1ccccc1Oc1c(C)oc2cc(OC(C)=O)ccc2c1=O. The maximum absolute atomic E-state index is 12.8. The fourth-order valence-electron chi connectivity index (χ4n) is 2.43. The van der Waals surface area contributed by atoms with Crippen molar-refractivity contribution < 1.29 is 23.4 Å². The zero-order valence-electron chi connectivity index (χ0n) is 14.0. The van der Waals surface area contributed by atoms with Crippen LogP contribution in [0.5, 0.6) is 23.0 Å². The smallest absolute Gasteiger partial charge is 0.308 e. The molecule has 0 spiro atoms. The van der Waals surface area contributed by atoms with Crippen molar-refractivity contribution in [3.63, 3.8) is 0 Å². The number of benzene rings is 2. The van der Waals surface area contributed by atoms with Crippen LogP contribution in [0.25, 0.3) is 11.0 Å². The number of esters is 1. The first kappa shape index (κ1) is 16.6. The molecule has 0 unspecified atom stereocenters. The monoisotopic (exact) mass is 340 g/mol. The molecule has 128 valence electrons. The number of hydrogen-bond acceptors (Lipinski definition) is 6. The summed E-state index contributed by atoms with van der Waals surface area (Å²) in [5.41, 5.74) is -0.00680. The van der Waals surface area contributed by atoms with Crippen LogP contribution in [-0.4, -0.2) is 13.1 Å². The molecule has 3 rings (SSSR count). The van der Waals surface area contributed by atoms with Gasteiger partial charge < -0.3 is 18.6 Å². The van der Waals surface area contributed by atoms with Crippen LogP contribution in [0.3, 0.4) is 0 Å². The van der Waals surface area contributed by atoms with Crippen LogP contribution < -0.4 is 19.6 Å². The summed E-state index contributed by atoms with van der Waals surface area (Å²) in [6.07, 6.45) is 0. The quantitative estimate of drug-likeness (QED) is 0.531. The third kappa shape index (κ3) is 3.33. The summed E-state index contributed by atoms with van der Waals surface area (Å²) in [7, 11) is 1.52. The second-order valence-corrected chi connectivity index (χ2v) is 5.32. The van der Waals surface area contributed by atoms with Gasteiger partial charge in [0.25, 0.3) is 0 Å². The largest absolute Gasteiger partial charge is 0.493 e. The molecular weight excluding hydrogens is 324 g/mol. The highest BCUT2D eigenvalue weighted by molar-refractivity contribution is 5.81. The normalized spacial score (nSPS) is 10.5. The van der Waals surface area contributed by atoms with E-state index in [0.29, 0.717) is 34.0 Å². The van der Waals surface area contributed by atoms with E-state index in [1.165, 1.54) is 32.2 Å². The van der Waals surface area contributed by atoms with Gasteiger partial charge in [0.05, 0.1) is 12.5 Å². The fraction of sp³-hybridized carbons (Fsp3) is 0.158. The number of carbonyl (C=O) groups excluding carboxylic acids is 1. The van der Waals surface area contributed by atoms with E-state index in [1.54, 1.807) is 31.2 Å². The maximum atomic E-state index is 12.8. The summed E-state index contributed by atoms with van der Waals surface area (Å²) in [6, 6.07) is 11.6. The molecule has 0 aliphatic heterocycles. The van der Waals surface area contributed by atoms with Gasteiger partial charge in [-0.15, -0.1) is 0 Å². The highest BCUT2D eigenvalue weighted by Crippen LogP contribution is 2.32. The van der Waals surface area contributed by atoms with E-state index in [-0.39, 0.29) is 11.2 Å². The molecule has 6 nitrogen and oxygen atoms in total. The van der Waals surface area contributed by atoms with Crippen molar-refractivity contribution in [2.24, 2.45) is 0 Å². The number of methoxy groups -OCH3 is 1. The van der Waals surface area contributed by atoms with E-state index in [9.17, 15) is 9.59 Å². The minimum Gasteiger partial charge on any atom is -0.493 e. The third-order valence-corrected chi connectivity index (χ3v) is 3.53. The highest BCUT2D eigenvalue weighted by Gasteiger charge is 2.16. The van der Waals surface area contributed by atoms with Gasteiger partial charge in [0.15, 0.2) is 11.5 Å². The van der Waals surface area contributed by atoms with Crippen molar-refractivity contribution in [1.29, 1.82) is 0 Å². The Morgan fingerprint density at radius 2 is 1.80 bits per heavy atom. The third-order valence-electron chi connectivity index (χ3n) is 3.53. The van der Waals surface area contributed by atoms with Crippen LogP contribution in [0.2, 0.25) is 0 Å². The minimum absolute atomic E-state index is 0.0808. The Morgan fingerprint density at radius 1 is 1.08 bits per heavy atom. The number of rotatable bonds is 4. The van der Waals surface area contributed by atoms with Gasteiger partial charge in [0.1, 0.15) is 17.1 Å². The number of para-hydroxylation sites is 2. The molecule has 0 aliphatic rings. The van der Waals surface area contributed by atoms with Crippen LogP contribution in [-0.2, 0) is 4.79 Å². The second-order valence-electron chi connectivity index (χ2n) is 5.32. The lowest BCUT2D eigenvalue weighted by atomic mass is 10.2. The average molecular weight is 340 g/mol. The zero-order valence-corrected chi connectivity index (χ0v) is 14.0. The van der Waals surface area contributed by atoms with Crippen LogP contribution in [0, 0.1) is 6.92 Å². The van der Waals surface area contributed by atoms with E-state index in [4.69, 9.17) is 18.6 Å². The molecule has 3 aromatic rings. The van der Waals surface area contributed by atoms with Crippen molar-refractivity contribution in [3.8, 4) is 23.0 Å². The van der Waals surface area contributed by atoms with Gasteiger partial charge >= 0.3 is 5.97 Å². The number of hydrogen-bond donors (Lipinski definition) is 0. The van der Waals surface area contributed by atoms with Crippen molar-refractivity contribution in [1.82, 2.24) is 0 Å². The van der Waals surface area contributed by atoms with E-state index < -0.39 is 5.97 Å². The minimum atomic E-state index is -0.449. The van der Waals surface area contributed by atoms with Gasteiger partial charge in [0.2, 0.25) is 11.2 Å². The first-order valence-electron chi connectivity index (χ1n) is 7.56. The lowest BCUT2D eigenvalue weighted by Crippen LogP contribution is -2.08. The van der Waals surface area contributed by atoms with Crippen molar-refractivity contribution in [2.75, 3.05) is 7.11 Å². The molecule has 0 radical (unpaired) electrons. The van der Waals surface area contributed by atoms with E-state index in [2.05, 4.69) is 0 Å². The van der Waals surface area contributed by atoms with Crippen molar-refractivity contribution in [2.45, 2.75) is 13.8 Å². The Labute approximate surface area is 143 Å². The van der Waals surface area contributed by atoms with Crippen LogP contribution in [0.4, 0.5) is 0 Å². The first-order chi connectivity index (χ1) is 12.0. The van der Waals surface area contributed by atoms with Crippen molar-refractivity contribution >= 4 is 16.9 Å². The van der Waals surface area contributed by atoms with Crippen LogP contribution >= 0.6 is 0 Å². The maximum Gasteiger partial charge on any atom is 0.308 e. The van der Waals surface area contributed by atoms with Gasteiger partial charge in [-0.25, -0.2) is 0 Å². The Kier molecular flexibility index (Phi) is 4.43. The highest BCUT2D eigenvalue weighted by atomic mass is 16.5. The summed E-state index contributed by atoms with van der Waals surface area (Å²) in [4.78, 5) is 23.8. The number of aryl methyl sites for hydroxylation is 1. The summed E-state index contributed by atoms with van der Waals surface area (Å²) in [5, 5.41) is 0.325. The van der Waals surface area contributed by atoms with E-state index >= 15 is 0 Å². The lowest BCUT2D eigenvalue weighted by molar-refractivity contribution is -0.131. The Balaban J connectivity index is 2.08. The fourth-order valence-corrected chi connectivity index (χ4v) is 2.43. The van der Waals surface area contributed by atoms with Gasteiger partial charge in [-0.3, -0.25) is 9.59 Å². The van der Waals surface area contributed by atoms with Crippen LogP contribution in [0.1, 0.15) is 12.7 Å². The van der Waals surface area contributed by atoms with Gasteiger partial charge in [-0.1, -0.05) is 12.1 Å². The number of fused-ring (bicyclic) bond motifs is 1. The molecule has 2 aromatic carbocycles. The molecular formula is C19H16O6. The average Bonchev–Trinajstić information content (AvgIpc) is 2.58. The Hall–Kier alpha value is -3.28. The first-order valence-corrected chi connectivity index (χ1v) is 7.56. The molecule has 0 bridgehead atoms. The second kappa shape index (κ2) is 6.68. The zero-order chi connectivity index (χ0) is 18.0. The predicted molar refractivity (Wildman–Crippen MR) is 91.6 cm³/mol. The number of ether oxygens (including phenoxy) is 3. The van der Waals surface area contributed by atoms with Crippen molar-refractivity contribution in [3.05, 3.63) is 58.4 Å². The molecule has 0 atom stereocenters. The molecule has 0 amide bonds. The Bertz CT molecular complexity index is 1000. The number of carbonyl (C=O) groups is 1. The molecule has 0 saturated carbocycles. The van der Waals surface area contributed by atoms with Gasteiger partial charge in [0, 0.05) is 13.0 Å². The van der Waals surface area contributed by atoms with E-state index in [1.807, 2.05) is 0 Å². The summed E-state index contributed by atoms with van der Waals surface area (Å²) in [5.74, 6) is 1.17. The molecule has 0 fully saturated rings. The van der Waals surface area contributed by atoms with Gasteiger partial charge in [-0.2, -0.15) is 0 Å². The van der Waals surface area contributed by atoms with E-state index in [0.717, 1.165) is 0 Å².